The monoisotopic (exact) mass is 383 g/mol. The summed E-state index contributed by atoms with van der Waals surface area (Å²) in [6.07, 6.45) is 4.03. The van der Waals surface area contributed by atoms with Gasteiger partial charge in [0, 0.05) is 12.7 Å². The average molecular weight is 383 g/mol. The number of aromatic nitrogens is 2. The molecule has 0 unspecified atom stereocenters. The molecule has 0 radical (unpaired) electrons. The van der Waals surface area contributed by atoms with Gasteiger partial charge in [-0.3, -0.25) is 9.78 Å². The number of nitrogens with one attached hydrogen (secondary N) is 1. The quantitative estimate of drug-likeness (QED) is 0.645. The Morgan fingerprint density at radius 1 is 1.22 bits per heavy atom. The van der Waals surface area contributed by atoms with Crippen LogP contribution in [0.5, 0.6) is 11.5 Å². The zero-order chi connectivity index (χ0) is 19.1. The van der Waals surface area contributed by atoms with Gasteiger partial charge >= 0.3 is 0 Å². The van der Waals surface area contributed by atoms with Gasteiger partial charge in [-0.25, -0.2) is 4.98 Å². The maximum Gasteiger partial charge on any atom is 0.263 e. The lowest BCUT2D eigenvalue weighted by atomic mass is 10.1. The van der Waals surface area contributed by atoms with Gasteiger partial charge in [0.05, 0.1) is 19.0 Å². The number of aryl methyl sites for hydroxylation is 1. The summed E-state index contributed by atoms with van der Waals surface area (Å²) in [5.74, 6) is 1.39. The van der Waals surface area contributed by atoms with Crippen molar-refractivity contribution in [2.24, 2.45) is 0 Å². The average Bonchev–Trinajstić information content (AvgIpc) is 3.08. The number of amides is 1. The molecule has 1 amide bonds. The van der Waals surface area contributed by atoms with Crippen LogP contribution in [0.25, 0.3) is 0 Å². The third-order valence-electron chi connectivity index (χ3n) is 3.92. The summed E-state index contributed by atoms with van der Waals surface area (Å²) in [7, 11) is 1.65. The Labute approximate surface area is 162 Å². The molecule has 3 aromatic rings. The highest BCUT2D eigenvalue weighted by molar-refractivity contribution is 7.13. The van der Waals surface area contributed by atoms with Gasteiger partial charge in [-0.15, -0.1) is 11.3 Å². The topological polar surface area (TPSA) is 73.3 Å². The van der Waals surface area contributed by atoms with Gasteiger partial charge in [0.2, 0.25) is 0 Å². The molecule has 0 aliphatic carbocycles. The third kappa shape index (κ3) is 5.04. The number of methoxy groups -OCH3 is 1. The minimum absolute atomic E-state index is 0.118. The highest BCUT2D eigenvalue weighted by Crippen LogP contribution is 2.20. The Hall–Kier alpha value is -2.93. The summed E-state index contributed by atoms with van der Waals surface area (Å²) < 4.78 is 11.0. The molecule has 140 valence electrons. The van der Waals surface area contributed by atoms with Crippen LogP contribution in [0, 0.1) is 6.92 Å². The molecule has 1 N–H and O–H groups in total. The van der Waals surface area contributed by atoms with E-state index in [1.165, 1.54) is 11.3 Å². The molecule has 0 aliphatic heterocycles. The fourth-order valence-corrected chi connectivity index (χ4v) is 3.50. The van der Waals surface area contributed by atoms with E-state index in [0.29, 0.717) is 35.9 Å². The minimum Gasteiger partial charge on any atom is -0.496 e. The van der Waals surface area contributed by atoms with Gasteiger partial charge in [0.25, 0.3) is 5.91 Å². The van der Waals surface area contributed by atoms with Crippen LogP contribution in [-0.2, 0) is 13.0 Å². The first-order chi connectivity index (χ1) is 13.2. The molecule has 27 heavy (non-hydrogen) atoms. The summed E-state index contributed by atoms with van der Waals surface area (Å²) in [6, 6.07) is 11.4. The molecule has 7 heteroatoms. The van der Waals surface area contributed by atoms with Crippen molar-refractivity contribution in [1.29, 1.82) is 0 Å². The second kappa shape index (κ2) is 9.14. The highest BCUT2D eigenvalue weighted by atomic mass is 32.1. The van der Waals surface area contributed by atoms with Gasteiger partial charge in [-0.1, -0.05) is 18.2 Å². The van der Waals surface area contributed by atoms with E-state index in [0.717, 1.165) is 16.3 Å². The number of benzene rings is 1. The van der Waals surface area contributed by atoms with E-state index >= 15 is 0 Å². The van der Waals surface area contributed by atoms with Crippen molar-refractivity contribution in [3.05, 3.63) is 69.9 Å². The summed E-state index contributed by atoms with van der Waals surface area (Å²) >= 11 is 1.35. The maximum absolute atomic E-state index is 12.5. The molecule has 0 fully saturated rings. The predicted molar refractivity (Wildman–Crippen MR) is 104 cm³/mol. The summed E-state index contributed by atoms with van der Waals surface area (Å²) in [6.45, 7) is 2.67. The zero-order valence-electron chi connectivity index (χ0n) is 15.3. The molecule has 1 aromatic carbocycles. The Morgan fingerprint density at radius 2 is 2.07 bits per heavy atom. The number of para-hydroxylation sites is 1. The number of hydrogen-bond donors (Lipinski definition) is 1. The van der Waals surface area contributed by atoms with Crippen LogP contribution in [0.2, 0.25) is 0 Å². The zero-order valence-corrected chi connectivity index (χ0v) is 16.1. The molecule has 2 aromatic heterocycles. The minimum atomic E-state index is -0.118. The number of nitrogens with zero attached hydrogens (tertiary/aromatic N) is 2. The fourth-order valence-electron chi connectivity index (χ4n) is 2.60. The molecule has 0 saturated carbocycles. The molecular weight excluding hydrogens is 362 g/mol. The van der Waals surface area contributed by atoms with Crippen LogP contribution in [0.4, 0.5) is 0 Å². The number of rotatable bonds is 8. The Balaban J connectivity index is 1.54. The number of hydrogen-bond acceptors (Lipinski definition) is 6. The number of carbonyl (C=O) groups is 1. The van der Waals surface area contributed by atoms with Crippen molar-refractivity contribution >= 4 is 17.2 Å². The first-order valence-corrected chi connectivity index (χ1v) is 9.38. The van der Waals surface area contributed by atoms with Crippen LogP contribution < -0.4 is 14.8 Å². The first-order valence-electron chi connectivity index (χ1n) is 8.56. The van der Waals surface area contributed by atoms with Gasteiger partial charge in [0.15, 0.2) is 0 Å². The number of ether oxygens (including phenoxy) is 2. The first kappa shape index (κ1) is 18.8. The lowest BCUT2D eigenvalue weighted by Crippen LogP contribution is -2.25. The van der Waals surface area contributed by atoms with Gasteiger partial charge < -0.3 is 14.8 Å². The van der Waals surface area contributed by atoms with Crippen LogP contribution in [0.15, 0.2) is 48.8 Å². The summed E-state index contributed by atoms with van der Waals surface area (Å²) in [4.78, 5) is 21.5. The maximum atomic E-state index is 12.5. The van der Waals surface area contributed by atoms with Crippen molar-refractivity contribution < 1.29 is 14.3 Å². The molecule has 2 heterocycles. The van der Waals surface area contributed by atoms with Crippen molar-refractivity contribution in [3.8, 4) is 11.5 Å². The molecule has 0 saturated heterocycles. The van der Waals surface area contributed by atoms with Crippen molar-refractivity contribution in [2.75, 3.05) is 13.7 Å². The predicted octanol–water partition coefficient (Wildman–Crippen LogP) is 3.41. The van der Waals surface area contributed by atoms with E-state index in [9.17, 15) is 4.79 Å². The SMILES string of the molecule is COc1ccccc1CCNC(=O)c1sc(COc2cccnc2)nc1C. The van der Waals surface area contributed by atoms with Crippen molar-refractivity contribution in [2.45, 2.75) is 20.0 Å². The van der Waals surface area contributed by atoms with Gasteiger partial charge in [-0.2, -0.15) is 0 Å². The fraction of sp³-hybridized carbons (Fsp3) is 0.250. The second-order valence-corrected chi connectivity index (χ2v) is 6.90. The van der Waals surface area contributed by atoms with E-state index < -0.39 is 0 Å². The van der Waals surface area contributed by atoms with Crippen molar-refractivity contribution in [3.63, 3.8) is 0 Å². The lowest BCUT2D eigenvalue weighted by Gasteiger charge is -2.08. The van der Waals surface area contributed by atoms with E-state index in [1.54, 1.807) is 19.5 Å². The molecule has 0 atom stereocenters. The number of thiazole rings is 1. The molecule has 0 bridgehead atoms. The van der Waals surface area contributed by atoms with Gasteiger partial charge in [0.1, 0.15) is 28.0 Å². The van der Waals surface area contributed by atoms with E-state index in [2.05, 4.69) is 15.3 Å². The molecule has 0 aliphatic rings. The van der Waals surface area contributed by atoms with E-state index in [4.69, 9.17) is 9.47 Å². The van der Waals surface area contributed by atoms with Crippen molar-refractivity contribution in [1.82, 2.24) is 15.3 Å². The number of carbonyl (C=O) groups excluding carboxylic acids is 1. The molecule has 6 nitrogen and oxygen atoms in total. The normalized spacial score (nSPS) is 10.4. The smallest absolute Gasteiger partial charge is 0.263 e. The van der Waals surface area contributed by atoms with E-state index in [1.807, 2.05) is 43.3 Å². The standard InChI is InChI=1S/C20H21N3O3S/c1-14-19(27-18(23-14)13-26-16-7-5-10-21-12-16)20(24)22-11-9-15-6-3-4-8-17(15)25-2/h3-8,10,12H,9,11,13H2,1-2H3,(H,22,24). The summed E-state index contributed by atoms with van der Waals surface area (Å²) in [5.41, 5.74) is 1.77. The second-order valence-electron chi connectivity index (χ2n) is 5.82. The highest BCUT2D eigenvalue weighted by Gasteiger charge is 2.15. The summed E-state index contributed by atoms with van der Waals surface area (Å²) in [5, 5.41) is 3.71. The Bertz CT molecular complexity index is 896. The largest absolute Gasteiger partial charge is 0.496 e. The van der Waals surface area contributed by atoms with E-state index in [-0.39, 0.29) is 5.91 Å². The Morgan fingerprint density at radius 3 is 2.85 bits per heavy atom. The van der Waals surface area contributed by atoms with Gasteiger partial charge in [-0.05, 0) is 37.1 Å². The van der Waals surface area contributed by atoms with Crippen LogP contribution in [-0.4, -0.2) is 29.5 Å². The lowest BCUT2D eigenvalue weighted by molar-refractivity contribution is 0.0957. The Kier molecular flexibility index (Phi) is 6.38. The van der Waals surface area contributed by atoms with Crippen LogP contribution in [0.1, 0.15) is 25.9 Å². The molecule has 3 rings (SSSR count). The molecule has 0 spiro atoms. The molecular formula is C20H21N3O3S. The van der Waals surface area contributed by atoms with Crippen LogP contribution in [0.3, 0.4) is 0 Å². The number of pyridine rings is 1. The van der Waals surface area contributed by atoms with Crippen LogP contribution >= 0.6 is 11.3 Å². The third-order valence-corrected chi connectivity index (χ3v) is 5.05.